The average Bonchev–Trinajstić information content (AvgIpc) is 2.66. The highest BCUT2D eigenvalue weighted by Crippen LogP contribution is 2.25. The molecule has 3 N–H and O–H groups in total. The molecular weight excluding hydrogens is 406 g/mol. The predicted octanol–water partition coefficient (Wildman–Crippen LogP) is 3.30. The highest BCUT2D eigenvalue weighted by atomic mass is 35.5. The Morgan fingerprint density at radius 3 is 2.41 bits per heavy atom. The van der Waals surface area contributed by atoms with Crippen LogP contribution in [0.15, 0.2) is 21.7 Å². The van der Waals surface area contributed by atoms with Crippen molar-refractivity contribution < 1.29 is 13.6 Å². The van der Waals surface area contributed by atoms with E-state index in [0.29, 0.717) is 31.4 Å². The van der Waals surface area contributed by atoms with E-state index in [1.165, 1.54) is 4.57 Å². The van der Waals surface area contributed by atoms with Crippen molar-refractivity contribution in [2.24, 2.45) is 0 Å². The molecule has 29 heavy (non-hydrogen) atoms. The second-order valence-electron chi connectivity index (χ2n) is 6.55. The molecule has 0 saturated heterocycles. The normalized spacial score (nSPS) is 10.9. The van der Waals surface area contributed by atoms with E-state index >= 15 is 0 Å². The molecule has 0 aliphatic heterocycles. The minimum absolute atomic E-state index is 0.0733. The molecule has 1 heterocycles. The van der Waals surface area contributed by atoms with Gasteiger partial charge in [-0.2, -0.15) is 0 Å². The maximum absolute atomic E-state index is 13.7. The zero-order chi connectivity index (χ0) is 21.7. The van der Waals surface area contributed by atoms with Crippen molar-refractivity contribution in [2.45, 2.75) is 46.1 Å². The van der Waals surface area contributed by atoms with Crippen LogP contribution in [0.3, 0.4) is 0 Å². The van der Waals surface area contributed by atoms with Gasteiger partial charge in [-0.25, -0.2) is 13.6 Å². The molecule has 1 amide bonds. The highest BCUT2D eigenvalue weighted by Gasteiger charge is 2.27. The molecule has 2 rings (SSSR count). The Hall–Kier alpha value is -2.68. The lowest BCUT2D eigenvalue weighted by Gasteiger charge is -2.25. The van der Waals surface area contributed by atoms with Crippen molar-refractivity contribution in [2.75, 3.05) is 17.2 Å². The molecule has 0 saturated carbocycles. The van der Waals surface area contributed by atoms with Gasteiger partial charge in [0, 0.05) is 13.1 Å². The maximum atomic E-state index is 13.7. The second-order valence-corrected chi connectivity index (χ2v) is 6.96. The van der Waals surface area contributed by atoms with Crippen molar-refractivity contribution >= 4 is 29.0 Å². The van der Waals surface area contributed by atoms with E-state index in [-0.39, 0.29) is 35.2 Å². The molecule has 1 aromatic carbocycles. The molecule has 0 aliphatic carbocycles. The lowest BCUT2D eigenvalue weighted by Crippen LogP contribution is -2.41. The number of aromatic amines is 1. The van der Waals surface area contributed by atoms with Crippen LogP contribution in [0.5, 0.6) is 0 Å². The molecule has 0 aliphatic rings. The monoisotopic (exact) mass is 428 g/mol. The summed E-state index contributed by atoms with van der Waals surface area (Å²) < 4.78 is 28.3. The van der Waals surface area contributed by atoms with Gasteiger partial charge in [-0.3, -0.25) is 19.1 Å². The van der Waals surface area contributed by atoms with Gasteiger partial charge in [0.25, 0.3) is 11.5 Å². The standard InChI is InChI=1S/C19H23ClF2N4O3/c1-3-5-7-25(18(28)11-9-13(21)14(22)10-12(11)20)15-16(23)26(8-6-4-2)19(29)24-17(15)27/h9-10H,3-8,23H2,1-2H3,(H,24,27,29). The van der Waals surface area contributed by atoms with E-state index in [0.717, 1.165) is 11.3 Å². The Bertz CT molecular complexity index is 1020. The van der Waals surface area contributed by atoms with Crippen LogP contribution in [-0.2, 0) is 6.54 Å². The van der Waals surface area contributed by atoms with Gasteiger partial charge in [-0.15, -0.1) is 0 Å². The molecular formula is C19H23ClF2N4O3. The number of nitrogens with zero attached hydrogens (tertiary/aromatic N) is 2. The first-order valence-corrected chi connectivity index (χ1v) is 9.69. The molecule has 0 atom stereocenters. The summed E-state index contributed by atoms with van der Waals surface area (Å²) in [5.74, 6) is -3.43. The fourth-order valence-electron chi connectivity index (χ4n) is 2.84. The third-order valence-electron chi connectivity index (χ3n) is 4.44. The Kier molecular flexibility index (Phi) is 7.55. The maximum Gasteiger partial charge on any atom is 0.330 e. The van der Waals surface area contributed by atoms with E-state index in [1.54, 1.807) is 0 Å². The number of unbranched alkanes of at least 4 members (excludes halogenated alkanes) is 2. The molecule has 0 bridgehead atoms. The van der Waals surface area contributed by atoms with Gasteiger partial charge in [-0.05, 0) is 25.0 Å². The van der Waals surface area contributed by atoms with Gasteiger partial charge in [0.2, 0.25) is 0 Å². The number of halogens is 3. The zero-order valence-corrected chi connectivity index (χ0v) is 17.0. The number of hydrogen-bond acceptors (Lipinski definition) is 4. The molecule has 0 fully saturated rings. The van der Waals surface area contributed by atoms with Crippen LogP contribution in [0.4, 0.5) is 20.3 Å². The Balaban J connectivity index is 2.64. The summed E-state index contributed by atoms with van der Waals surface area (Å²) in [6.07, 6.45) is 2.60. The quantitative estimate of drug-likeness (QED) is 0.630. The lowest BCUT2D eigenvalue weighted by atomic mass is 10.1. The lowest BCUT2D eigenvalue weighted by molar-refractivity contribution is 0.0986. The zero-order valence-electron chi connectivity index (χ0n) is 16.2. The summed E-state index contributed by atoms with van der Waals surface area (Å²) in [6, 6.07) is 1.37. The summed E-state index contributed by atoms with van der Waals surface area (Å²) in [4.78, 5) is 41.0. The second kappa shape index (κ2) is 9.69. The van der Waals surface area contributed by atoms with Gasteiger partial charge in [-0.1, -0.05) is 38.3 Å². The molecule has 158 valence electrons. The van der Waals surface area contributed by atoms with Crippen molar-refractivity contribution in [3.63, 3.8) is 0 Å². The topological polar surface area (TPSA) is 101 Å². The first kappa shape index (κ1) is 22.6. The van der Waals surface area contributed by atoms with Crippen LogP contribution in [0.1, 0.15) is 49.9 Å². The van der Waals surface area contributed by atoms with Crippen molar-refractivity contribution in [3.05, 3.63) is 55.2 Å². The van der Waals surface area contributed by atoms with Crippen LogP contribution < -0.4 is 21.9 Å². The fraction of sp³-hybridized carbons (Fsp3) is 0.421. The highest BCUT2D eigenvalue weighted by molar-refractivity contribution is 6.34. The number of benzene rings is 1. The molecule has 7 nitrogen and oxygen atoms in total. The number of nitrogens with two attached hydrogens (primary N) is 1. The third-order valence-corrected chi connectivity index (χ3v) is 4.75. The summed E-state index contributed by atoms with van der Waals surface area (Å²) in [6.45, 7) is 4.13. The van der Waals surface area contributed by atoms with Gasteiger partial charge < -0.3 is 10.6 Å². The number of nitrogen functional groups attached to an aromatic ring is 1. The predicted molar refractivity (Wildman–Crippen MR) is 109 cm³/mol. The van der Waals surface area contributed by atoms with E-state index in [2.05, 4.69) is 4.98 Å². The minimum Gasteiger partial charge on any atom is -0.383 e. The summed E-state index contributed by atoms with van der Waals surface area (Å²) >= 11 is 5.94. The van der Waals surface area contributed by atoms with Crippen molar-refractivity contribution in [1.29, 1.82) is 0 Å². The number of anilines is 2. The summed E-state index contributed by atoms with van der Waals surface area (Å²) in [7, 11) is 0. The van der Waals surface area contributed by atoms with E-state index in [1.807, 2.05) is 13.8 Å². The van der Waals surface area contributed by atoms with Crippen LogP contribution in [0, 0.1) is 11.6 Å². The molecule has 10 heteroatoms. The van der Waals surface area contributed by atoms with Crippen LogP contribution in [-0.4, -0.2) is 22.0 Å². The Labute approximate surface area is 171 Å². The number of aromatic nitrogens is 2. The number of H-pyrrole nitrogens is 1. The van der Waals surface area contributed by atoms with Gasteiger partial charge >= 0.3 is 5.69 Å². The fourth-order valence-corrected chi connectivity index (χ4v) is 3.07. The van der Waals surface area contributed by atoms with Gasteiger partial charge in [0.05, 0.1) is 10.6 Å². The molecule has 0 unspecified atom stereocenters. The first-order chi connectivity index (χ1) is 13.7. The number of hydrogen-bond donors (Lipinski definition) is 2. The van der Waals surface area contributed by atoms with E-state index in [4.69, 9.17) is 17.3 Å². The van der Waals surface area contributed by atoms with Crippen LogP contribution in [0.2, 0.25) is 5.02 Å². The van der Waals surface area contributed by atoms with Crippen molar-refractivity contribution in [3.8, 4) is 0 Å². The average molecular weight is 429 g/mol. The SMILES string of the molecule is CCCCN(C(=O)c1cc(F)c(F)cc1Cl)c1c(N)n(CCCC)c(=O)[nH]c1=O. The summed E-state index contributed by atoms with van der Waals surface area (Å²) in [5.41, 5.74) is 4.03. The number of carbonyl (C=O) groups is 1. The van der Waals surface area contributed by atoms with Crippen LogP contribution >= 0.6 is 11.6 Å². The largest absolute Gasteiger partial charge is 0.383 e. The van der Waals surface area contributed by atoms with E-state index in [9.17, 15) is 23.2 Å². The molecule has 0 spiro atoms. The van der Waals surface area contributed by atoms with Gasteiger partial charge in [0.1, 0.15) is 5.82 Å². The molecule has 2 aromatic rings. The van der Waals surface area contributed by atoms with Crippen molar-refractivity contribution in [1.82, 2.24) is 9.55 Å². The number of nitrogens with one attached hydrogen (secondary N) is 1. The Morgan fingerprint density at radius 1 is 1.17 bits per heavy atom. The first-order valence-electron chi connectivity index (χ1n) is 9.31. The van der Waals surface area contributed by atoms with E-state index < -0.39 is 28.8 Å². The molecule has 0 radical (unpaired) electrons. The minimum atomic E-state index is -1.25. The summed E-state index contributed by atoms with van der Waals surface area (Å²) in [5, 5.41) is -0.301. The van der Waals surface area contributed by atoms with Crippen LogP contribution in [0.25, 0.3) is 0 Å². The molecule has 1 aromatic heterocycles. The van der Waals surface area contributed by atoms with Gasteiger partial charge in [0.15, 0.2) is 17.3 Å². The third kappa shape index (κ3) is 4.84. The smallest absolute Gasteiger partial charge is 0.330 e. The number of carbonyl (C=O) groups excluding carboxylic acids is 1. The Morgan fingerprint density at radius 2 is 1.79 bits per heavy atom. The number of amides is 1. The number of rotatable bonds is 8.